The molecule has 3 aromatic carbocycles. The van der Waals surface area contributed by atoms with Crippen molar-refractivity contribution in [2.45, 2.75) is 101 Å². The van der Waals surface area contributed by atoms with Crippen LogP contribution >= 0.6 is 0 Å². The maximum Gasteiger partial charge on any atom is 0.244 e. The molecule has 2 aromatic heterocycles. The van der Waals surface area contributed by atoms with Crippen LogP contribution in [-0.2, 0) is 52.8 Å². The molecule has 11 N–H and O–H groups in total. The second kappa shape index (κ2) is 25.2. The monoisotopic (exact) mass is 952 g/mol. The normalized spacial score (nSPS) is 22.5. The van der Waals surface area contributed by atoms with E-state index in [1.54, 1.807) is 18.5 Å². The van der Waals surface area contributed by atoms with Crippen molar-refractivity contribution < 1.29 is 33.6 Å². The molecule has 3 heterocycles. The highest BCUT2D eigenvalue weighted by atomic mass is 16.2. The van der Waals surface area contributed by atoms with Crippen LogP contribution in [0.15, 0.2) is 104 Å². The summed E-state index contributed by atoms with van der Waals surface area (Å²) < 4.78 is 0. The third kappa shape index (κ3) is 14.5. The number of rotatable bonds is 11. The molecule has 6 rings (SSSR count). The minimum absolute atomic E-state index is 0.00567. The van der Waals surface area contributed by atoms with Crippen molar-refractivity contribution in [2.75, 3.05) is 19.6 Å². The predicted octanol–water partition coefficient (Wildman–Crippen LogP) is 2.59. The molecule has 368 valence electrons. The lowest BCUT2D eigenvalue weighted by Gasteiger charge is -2.26. The standard InChI is InChI=1S/C53H64N10O7/c1-4-24-63-25-14-12-22-43(48(55)65)59-53(70)45(27-35-16-6-5-7-17-35)61-50(67)36(28-37-31-56-41-20-10-8-18-39(37)41)30-47(64)34(3)58-52(69)46(29-38-32-57-42-21-11-9-19-40(38)42)62-51(68)44(23-13-15-26-63)60-49(66)33(2)54/h4-11,16-21,31-34,36,43-46,56-57H,1,12,14,22-30,54H2,2-3H3,(H2,55,65)(H,58,69)(H,59,70)(H,60,66)(H,61,67)(H,62,68)/t33-,34-,36+,43-,44+,45+,46+/m0/s1. The summed E-state index contributed by atoms with van der Waals surface area (Å²) >= 11 is 0. The van der Waals surface area contributed by atoms with Crippen LogP contribution in [0.5, 0.6) is 0 Å². The molecule has 0 fully saturated rings. The number of benzene rings is 3. The number of nitrogens with two attached hydrogens (primary N) is 2. The fourth-order valence-corrected chi connectivity index (χ4v) is 8.50. The fourth-order valence-electron chi connectivity index (χ4n) is 8.50. The number of hydrogen-bond acceptors (Lipinski definition) is 9. The number of H-pyrrole nitrogens is 2. The molecule has 0 aliphatic carbocycles. The van der Waals surface area contributed by atoms with Crippen molar-refractivity contribution in [1.29, 1.82) is 0 Å². The van der Waals surface area contributed by atoms with Gasteiger partial charge in [0.1, 0.15) is 24.2 Å². The Morgan fingerprint density at radius 3 is 2.01 bits per heavy atom. The van der Waals surface area contributed by atoms with E-state index in [0.29, 0.717) is 31.5 Å². The number of primary amides is 1. The summed E-state index contributed by atoms with van der Waals surface area (Å²) in [4.78, 5) is 106. The van der Waals surface area contributed by atoms with Crippen molar-refractivity contribution in [3.63, 3.8) is 0 Å². The molecule has 1 aliphatic heterocycles. The number of aromatic amines is 2. The van der Waals surface area contributed by atoms with E-state index in [-0.39, 0.29) is 45.1 Å². The Bertz CT molecular complexity index is 2720. The number of ketones is 1. The highest BCUT2D eigenvalue weighted by molar-refractivity contribution is 5.98. The van der Waals surface area contributed by atoms with Gasteiger partial charge in [-0.25, -0.2) is 0 Å². The molecule has 0 bridgehead atoms. The van der Waals surface area contributed by atoms with Crippen LogP contribution in [0.1, 0.15) is 62.6 Å². The first-order chi connectivity index (χ1) is 33.7. The molecule has 7 atom stereocenters. The molecule has 17 nitrogen and oxygen atoms in total. The Morgan fingerprint density at radius 2 is 1.37 bits per heavy atom. The zero-order chi connectivity index (χ0) is 50.2. The Hall–Kier alpha value is -7.55. The zero-order valence-electron chi connectivity index (χ0n) is 39.7. The number of Topliss-reactive ketones (excluding diaryl/α,β-unsaturated/α-hetero) is 1. The molecule has 0 unspecified atom stereocenters. The number of hydrogen-bond donors (Lipinski definition) is 9. The van der Waals surface area contributed by atoms with Crippen LogP contribution < -0.4 is 38.1 Å². The van der Waals surface area contributed by atoms with Gasteiger partial charge in [0, 0.05) is 72.3 Å². The lowest BCUT2D eigenvalue weighted by Crippen LogP contribution is -2.57. The molecule has 0 saturated heterocycles. The molecule has 0 saturated carbocycles. The topological polar surface area (TPSA) is 266 Å². The smallest absolute Gasteiger partial charge is 0.244 e. The number of fused-ring (bicyclic) bond motifs is 2. The van der Waals surface area contributed by atoms with Crippen LogP contribution in [0.2, 0.25) is 0 Å². The molecule has 5 aromatic rings. The van der Waals surface area contributed by atoms with E-state index in [9.17, 15) is 33.6 Å². The molecule has 0 spiro atoms. The Kier molecular flexibility index (Phi) is 18.6. The van der Waals surface area contributed by atoms with Crippen LogP contribution in [0.25, 0.3) is 21.8 Å². The van der Waals surface area contributed by atoms with Crippen LogP contribution in [0.4, 0.5) is 0 Å². The van der Waals surface area contributed by atoms with E-state index in [2.05, 4.69) is 55.0 Å². The summed E-state index contributed by atoms with van der Waals surface area (Å²) in [6.45, 7) is 8.14. The van der Waals surface area contributed by atoms with Gasteiger partial charge in [-0.2, -0.15) is 0 Å². The third-order valence-corrected chi connectivity index (χ3v) is 12.5. The second-order valence-electron chi connectivity index (χ2n) is 17.9. The first-order valence-electron chi connectivity index (χ1n) is 23.7. The van der Waals surface area contributed by atoms with E-state index in [1.165, 1.54) is 13.8 Å². The third-order valence-electron chi connectivity index (χ3n) is 12.5. The van der Waals surface area contributed by atoms with Gasteiger partial charge in [0.05, 0.1) is 18.6 Å². The number of nitrogens with zero attached hydrogens (tertiary/aromatic N) is 1. The summed E-state index contributed by atoms with van der Waals surface area (Å²) in [5.41, 5.74) is 15.6. The van der Waals surface area contributed by atoms with Gasteiger partial charge in [0.25, 0.3) is 0 Å². The van der Waals surface area contributed by atoms with Gasteiger partial charge in [-0.15, -0.1) is 6.58 Å². The first kappa shape index (κ1) is 51.8. The molecule has 6 amide bonds. The number of carbonyl (C=O) groups is 7. The van der Waals surface area contributed by atoms with E-state index >= 15 is 0 Å². The SMILES string of the molecule is C=CCN1CC#CC[C@@H](NC(=O)[C@H](C)N)C(=O)N[C@H](Cc2c[nH]c3ccccc23)C(=O)N[C@@H](C)C(=O)C[C@@H](Cc2c[nH]c3ccccc23)C(=O)N[C@H](Cc2ccccc2)C(=O)N[C@H](C(N)=O)CCCC1. The minimum Gasteiger partial charge on any atom is -0.368 e. The Balaban J connectivity index is 1.35. The van der Waals surface area contributed by atoms with Gasteiger partial charge in [0.15, 0.2) is 5.78 Å². The number of carbonyl (C=O) groups excluding carboxylic acids is 7. The van der Waals surface area contributed by atoms with Gasteiger partial charge in [-0.3, -0.25) is 38.5 Å². The summed E-state index contributed by atoms with van der Waals surface area (Å²) in [7, 11) is 0. The number of para-hydroxylation sites is 2. The molecule has 17 heteroatoms. The van der Waals surface area contributed by atoms with Crippen LogP contribution in [0.3, 0.4) is 0 Å². The zero-order valence-corrected chi connectivity index (χ0v) is 39.7. The van der Waals surface area contributed by atoms with Gasteiger partial charge in [-0.1, -0.05) is 84.6 Å². The van der Waals surface area contributed by atoms with Crippen molar-refractivity contribution in [3.05, 3.63) is 121 Å². The Morgan fingerprint density at radius 1 is 0.771 bits per heavy atom. The highest BCUT2D eigenvalue weighted by Gasteiger charge is 2.34. The molecular formula is C53H64N10O7. The number of amides is 6. The van der Waals surface area contributed by atoms with Crippen molar-refractivity contribution in [3.8, 4) is 11.8 Å². The lowest BCUT2D eigenvalue weighted by molar-refractivity contribution is -0.135. The lowest BCUT2D eigenvalue weighted by atomic mass is 9.90. The highest BCUT2D eigenvalue weighted by Crippen LogP contribution is 2.24. The maximum atomic E-state index is 14.7. The van der Waals surface area contributed by atoms with Gasteiger partial charge < -0.3 is 48.0 Å². The minimum atomic E-state index is -1.24. The van der Waals surface area contributed by atoms with E-state index in [0.717, 1.165) is 32.9 Å². The van der Waals surface area contributed by atoms with Crippen molar-refractivity contribution in [2.24, 2.45) is 17.4 Å². The summed E-state index contributed by atoms with van der Waals surface area (Å²) in [6, 6.07) is 17.4. The fraction of sp³-hybridized carbons (Fsp3) is 0.377. The summed E-state index contributed by atoms with van der Waals surface area (Å²) in [5.74, 6) is 0.645. The molecule has 0 radical (unpaired) electrons. The number of aromatic nitrogens is 2. The quantitative estimate of drug-likeness (QED) is 0.0695. The van der Waals surface area contributed by atoms with Crippen LogP contribution in [0, 0.1) is 17.8 Å². The van der Waals surface area contributed by atoms with E-state index in [1.807, 2.05) is 83.8 Å². The van der Waals surface area contributed by atoms with Crippen LogP contribution in [-0.4, -0.2) is 112 Å². The van der Waals surface area contributed by atoms with Gasteiger partial charge in [-0.05, 0) is 74.9 Å². The van der Waals surface area contributed by atoms with Gasteiger partial charge >= 0.3 is 0 Å². The summed E-state index contributed by atoms with van der Waals surface area (Å²) in [5, 5.41) is 15.7. The molecule has 70 heavy (non-hydrogen) atoms. The van der Waals surface area contributed by atoms with E-state index in [4.69, 9.17) is 11.5 Å². The Labute approximate surface area is 407 Å². The second-order valence-corrected chi connectivity index (χ2v) is 17.9. The molecular weight excluding hydrogens is 889 g/mol. The number of nitrogens with one attached hydrogen (secondary N) is 7. The average Bonchev–Trinajstić information content (AvgIpc) is 3.95. The van der Waals surface area contributed by atoms with Crippen molar-refractivity contribution >= 4 is 63.0 Å². The van der Waals surface area contributed by atoms with Gasteiger partial charge in [0.2, 0.25) is 35.4 Å². The summed E-state index contributed by atoms with van der Waals surface area (Å²) in [6.07, 6.45) is 6.26. The van der Waals surface area contributed by atoms with E-state index < -0.39 is 83.4 Å². The molecule has 1 aliphatic rings. The average molecular weight is 953 g/mol. The maximum absolute atomic E-state index is 14.7. The first-order valence-corrected chi connectivity index (χ1v) is 23.7. The van der Waals surface area contributed by atoms with Crippen molar-refractivity contribution in [1.82, 2.24) is 41.5 Å². The largest absolute Gasteiger partial charge is 0.368 e. The predicted molar refractivity (Wildman–Crippen MR) is 268 cm³/mol.